The summed E-state index contributed by atoms with van der Waals surface area (Å²) in [5.41, 5.74) is 4.82. The largest absolute Gasteiger partial charge is 0.445 e. The first-order valence-corrected chi connectivity index (χ1v) is 17.9. The van der Waals surface area contributed by atoms with E-state index in [-0.39, 0.29) is 33.0 Å². The molecule has 0 aromatic heterocycles. The topological polar surface area (TPSA) is 66.5 Å². The molecule has 7 heteroatoms. The van der Waals surface area contributed by atoms with Gasteiger partial charge in [-0.3, -0.25) is 4.90 Å². The van der Waals surface area contributed by atoms with Crippen molar-refractivity contribution in [3.63, 3.8) is 0 Å². The summed E-state index contributed by atoms with van der Waals surface area (Å²) in [7, 11) is 0. The summed E-state index contributed by atoms with van der Waals surface area (Å²) in [6.07, 6.45) is 0.737. The van der Waals surface area contributed by atoms with Crippen molar-refractivity contribution in [1.82, 2.24) is 4.90 Å². The Morgan fingerprint density at radius 3 is 1.36 bits per heavy atom. The van der Waals surface area contributed by atoms with Crippen LogP contribution in [0.5, 0.6) is 0 Å². The van der Waals surface area contributed by atoms with Crippen molar-refractivity contribution in [2.75, 3.05) is 13.2 Å². The molecule has 0 bridgehead atoms. The summed E-state index contributed by atoms with van der Waals surface area (Å²) < 4.78 is 32.7. The molecule has 5 aromatic rings. The van der Waals surface area contributed by atoms with Crippen molar-refractivity contribution in [2.24, 2.45) is 0 Å². The summed E-state index contributed by atoms with van der Waals surface area (Å²) in [6, 6.07) is 48.6. The lowest BCUT2D eigenvalue weighted by molar-refractivity contribution is -0.164. The number of rotatable bonds is 22. The quantitative estimate of drug-likeness (QED) is 0.0667. The Balaban J connectivity index is 1.53. The van der Waals surface area contributed by atoms with Gasteiger partial charge in [0.2, 0.25) is 0 Å². The number of benzene rings is 5. The van der Waals surface area contributed by atoms with Crippen molar-refractivity contribution in [3.05, 3.63) is 205 Å². The minimum Gasteiger partial charge on any atom is -0.445 e. The molecule has 5 rings (SSSR count). The van der Waals surface area contributed by atoms with Gasteiger partial charge in [-0.25, -0.2) is 4.79 Å². The highest BCUT2D eigenvalue weighted by Gasteiger charge is 2.41. The summed E-state index contributed by atoms with van der Waals surface area (Å²) in [5, 5.41) is 0. The fourth-order valence-electron chi connectivity index (χ4n) is 5.92. The summed E-state index contributed by atoms with van der Waals surface area (Å²) in [4.78, 5) is 15.8. The monoisotopic (exact) mass is 711 g/mol. The normalized spacial score (nSPS) is 13.3. The van der Waals surface area contributed by atoms with Gasteiger partial charge < -0.3 is 23.7 Å². The summed E-state index contributed by atoms with van der Waals surface area (Å²) in [5.74, 6) is 0. The maximum absolute atomic E-state index is 14.2. The van der Waals surface area contributed by atoms with E-state index in [0.29, 0.717) is 13.2 Å². The average molecular weight is 712 g/mol. The Morgan fingerprint density at radius 1 is 0.528 bits per heavy atom. The average Bonchev–Trinajstić information content (AvgIpc) is 3.22. The first-order chi connectivity index (χ1) is 26.1. The van der Waals surface area contributed by atoms with Crippen LogP contribution in [0.3, 0.4) is 0 Å². The second kappa shape index (κ2) is 21.9. The predicted molar refractivity (Wildman–Crippen MR) is 209 cm³/mol. The number of ether oxygens (including phenoxy) is 5. The predicted octanol–water partition coefficient (Wildman–Crippen LogP) is 9.34. The van der Waals surface area contributed by atoms with Gasteiger partial charge in [0.05, 0.1) is 39.1 Å². The van der Waals surface area contributed by atoms with Gasteiger partial charge in [-0.2, -0.15) is 0 Å². The van der Waals surface area contributed by atoms with Crippen LogP contribution in [0, 0.1) is 0 Å². The molecule has 1 amide bonds. The molecule has 5 aromatic carbocycles. The third kappa shape index (κ3) is 12.7. The van der Waals surface area contributed by atoms with Gasteiger partial charge in [-0.15, -0.1) is 13.2 Å². The van der Waals surface area contributed by atoms with Crippen molar-refractivity contribution >= 4 is 6.09 Å². The lowest BCUT2D eigenvalue weighted by Gasteiger charge is -2.41. The maximum Gasteiger partial charge on any atom is 0.410 e. The van der Waals surface area contributed by atoms with Crippen molar-refractivity contribution in [1.29, 1.82) is 0 Å². The highest BCUT2D eigenvalue weighted by molar-refractivity contribution is 5.68. The fraction of sp³-hybridized carbons (Fsp3) is 0.239. The number of nitrogens with zero attached hydrogens (tertiary/aromatic N) is 1. The van der Waals surface area contributed by atoms with E-state index in [1.807, 2.05) is 152 Å². The van der Waals surface area contributed by atoms with Gasteiger partial charge in [0.15, 0.2) is 0 Å². The minimum atomic E-state index is -0.780. The lowest BCUT2D eigenvalue weighted by atomic mass is 9.98. The van der Waals surface area contributed by atoms with E-state index in [2.05, 4.69) is 13.2 Å². The molecule has 1 unspecified atom stereocenters. The third-order valence-corrected chi connectivity index (χ3v) is 8.68. The molecule has 0 N–H and O–H groups in total. The molecular weight excluding hydrogens is 663 g/mol. The van der Waals surface area contributed by atoms with E-state index < -0.39 is 30.4 Å². The van der Waals surface area contributed by atoms with Crippen LogP contribution in [0.25, 0.3) is 0 Å². The molecule has 0 aliphatic carbocycles. The molecule has 0 saturated heterocycles. The van der Waals surface area contributed by atoms with Gasteiger partial charge in [-0.05, 0) is 27.8 Å². The standard InChI is InChI=1S/C46H49NO6/c1-3-30-47(46(48)53-35-41-28-18-9-19-29-41)42(36-49-31-37-20-10-5-11-21-37)44(51-33-39-24-14-7-15-25-39)45(52-34-40-26-16-8-17-27-40)43(4-2)50-32-38-22-12-6-13-23-38/h3-29,42-45H,1-2,30-36H2/t42?,43-,44+,45+/m0/s1. The van der Waals surface area contributed by atoms with E-state index in [9.17, 15) is 4.79 Å². The van der Waals surface area contributed by atoms with E-state index in [4.69, 9.17) is 23.7 Å². The highest BCUT2D eigenvalue weighted by Crippen LogP contribution is 2.26. The number of hydrogen-bond acceptors (Lipinski definition) is 6. The van der Waals surface area contributed by atoms with Crippen LogP contribution < -0.4 is 0 Å². The second-order valence-electron chi connectivity index (χ2n) is 12.6. The number of carbonyl (C=O) groups excluding carboxylic acids is 1. The molecule has 0 saturated carbocycles. The van der Waals surface area contributed by atoms with Gasteiger partial charge >= 0.3 is 6.09 Å². The molecule has 0 aliphatic heterocycles. The van der Waals surface area contributed by atoms with E-state index in [1.54, 1.807) is 17.1 Å². The van der Waals surface area contributed by atoms with Crippen molar-refractivity contribution in [2.45, 2.75) is 57.4 Å². The van der Waals surface area contributed by atoms with Crippen LogP contribution >= 0.6 is 0 Å². The first-order valence-electron chi connectivity index (χ1n) is 17.9. The lowest BCUT2D eigenvalue weighted by Crippen LogP contribution is -2.57. The van der Waals surface area contributed by atoms with E-state index >= 15 is 0 Å². The molecule has 0 aliphatic rings. The molecule has 7 nitrogen and oxygen atoms in total. The second-order valence-corrected chi connectivity index (χ2v) is 12.6. The SMILES string of the molecule is C=CCN(C(=O)OCc1ccccc1)C(COCc1ccccc1)[C@@H](OCc1ccccc1)[C@H](OCc1ccccc1)[C@H](C=C)OCc1ccccc1. The zero-order valence-corrected chi connectivity index (χ0v) is 30.2. The Labute approximate surface area is 314 Å². The van der Waals surface area contributed by atoms with Crippen LogP contribution in [0.4, 0.5) is 4.79 Å². The third-order valence-electron chi connectivity index (χ3n) is 8.68. The van der Waals surface area contributed by atoms with Gasteiger partial charge in [-0.1, -0.05) is 164 Å². The first kappa shape index (κ1) is 38.9. The van der Waals surface area contributed by atoms with Crippen LogP contribution in [-0.4, -0.2) is 48.5 Å². The summed E-state index contributed by atoms with van der Waals surface area (Å²) >= 11 is 0. The Bertz CT molecular complexity index is 1760. The van der Waals surface area contributed by atoms with Crippen LogP contribution in [0.1, 0.15) is 27.8 Å². The van der Waals surface area contributed by atoms with Gasteiger partial charge in [0.1, 0.15) is 24.9 Å². The van der Waals surface area contributed by atoms with Crippen LogP contribution in [-0.2, 0) is 56.7 Å². The highest BCUT2D eigenvalue weighted by atomic mass is 16.6. The summed E-state index contributed by atoms with van der Waals surface area (Å²) in [6.45, 7) is 9.72. The Hall–Kier alpha value is -5.31. The number of carbonyl (C=O) groups is 1. The smallest absolute Gasteiger partial charge is 0.410 e. The van der Waals surface area contributed by atoms with Gasteiger partial charge in [0, 0.05) is 6.54 Å². The minimum absolute atomic E-state index is 0.101. The molecule has 0 spiro atoms. The zero-order chi connectivity index (χ0) is 36.9. The van der Waals surface area contributed by atoms with Crippen molar-refractivity contribution < 1.29 is 28.5 Å². The maximum atomic E-state index is 14.2. The van der Waals surface area contributed by atoms with E-state index in [1.165, 1.54) is 0 Å². The molecule has 0 radical (unpaired) electrons. The van der Waals surface area contributed by atoms with Crippen molar-refractivity contribution in [3.8, 4) is 0 Å². The molecule has 274 valence electrons. The van der Waals surface area contributed by atoms with Crippen LogP contribution in [0.15, 0.2) is 177 Å². The fourth-order valence-corrected chi connectivity index (χ4v) is 5.92. The molecule has 53 heavy (non-hydrogen) atoms. The van der Waals surface area contributed by atoms with E-state index in [0.717, 1.165) is 27.8 Å². The molecule has 0 fully saturated rings. The zero-order valence-electron chi connectivity index (χ0n) is 30.2. The number of hydrogen-bond donors (Lipinski definition) is 0. The molecule has 4 atom stereocenters. The molecular formula is C46H49NO6. The van der Waals surface area contributed by atoms with Gasteiger partial charge in [0.25, 0.3) is 0 Å². The molecule has 0 heterocycles. The van der Waals surface area contributed by atoms with Crippen LogP contribution in [0.2, 0.25) is 0 Å². The Morgan fingerprint density at radius 2 is 0.925 bits per heavy atom. The Kier molecular flexibility index (Phi) is 16.1. The number of amides is 1.